The Balaban J connectivity index is 1.02. The molecule has 0 spiro atoms. The molecule has 254 valence electrons. The molecule has 0 amide bonds. The van der Waals surface area contributed by atoms with Crippen LogP contribution in [0.15, 0.2) is 102 Å². The topological polar surface area (TPSA) is 43.5 Å². The van der Waals surface area contributed by atoms with Gasteiger partial charge in [-0.15, -0.1) is 0 Å². The van der Waals surface area contributed by atoms with E-state index in [1.165, 1.54) is 85.0 Å². The molecule has 4 fully saturated rings. The molecular weight excluding hydrogens is 613 g/mol. The molecular formula is C46H49N2O2+. The molecule has 50 heavy (non-hydrogen) atoms. The van der Waals surface area contributed by atoms with Crippen molar-refractivity contribution in [3.8, 4) is 0 Å². The van der Waals surface area contributed by atoms with Gasteiger partial charge in [-0.05, 0) is 137 Å². The summed E-state index contributed by atoms with van der Waals surface area (Å²) in [6.45, 7) is 8.75. The zero-order chi connectivity index (χ0) is 34.3. The van der Waals surface area contributed by atoms with Gasteiger partial charge in [0.1, 0.15) is 5.76 Å². The number of carbonyl (C=O) groups is 1. The molecule has 6 atom stereocenters. The van der Waals surface area contributed by atoms with E-state index in [0.717, 1.165) is 46.2 Å². The number of carbonyl (C=O) groups excluding carboxylic acids is 1. The van der Waals surface area contributed by atoms with Crippen LogP contribution in [0, 0.1) is 51.4 Å². The molecule has 1 N–H and O–H groups in total. The lowest BCUT2D eigenvalue weighted by molar-refractivity contribution is -0.493. The summed E-state index contributed by atoms with van der Waals surface area (Å²) in [5, 5.41) is 11.4. The lowest BCUT2D eigenvalue weighted by Crippen LogP contribution is -2.36. The Hall–Kier alpha value is -4.44. The fraction of sp³-hybridized carbons (Fsp3) is 0.391. The van der Waals surface area contributed by atoms with Gasteiger partial charge in [-0.25, -0.2) is 0 Å². The minimum Gasteiger partial charge on any atom is -0.506 e. The number of hydrogen-bond acceptors (Lipinski definition) is 3. The largest absolute Gasteiger partial charge is 0.506 e. The fourth-order valence-corrected chi connectivity index (χ4v) is 10.7. The van der Waals surface area contributed by atoms with Crippen LogP contribution in [0.4, 0.5) is 17.1 Å². The quantitative estimate of drug-likeness (QED) is 0.211. The van der Waals surface area contributed by atoms with E-state index in [1.807, 2.05) is 24.3 Å². The first kappa shape index (κ1) is 31.5. The Morgan fingerprint density at radius 3 is 1.92 bits per heavy atom. The van der Waals surface area contributed by atoms with Crippen LogP contribution < -0.4 is 4.90 Å². The minimum atomic E-state index is -0.0818. The summed E-state index contributed by atoms with van der Waals surface area (Å²) in [5.41, 5.74) is 12.4. The molecule has 3 aromatic rings. The molecule has 3 aromatic carbocycles. The molecule has 6 aliphatic carbocycles. The third-order valence-electron chi connectivity index (χ3n) is 13.1. The molecule has 4 heteroatoms. The van der Waals surface area contributed by atoms with Crippen molar-refractivity contribution in [3.63, 3.8) is 0 Å². The lowest BCUT2D eigenvalue weighted by Gasteiger charge is -2.38. The Morgan fingerprint density at radius 1 is 0.680 bits per heavy atom. The van der Waals surface area contributed by atoms with Crippen LogP contribution >= 0.6 is 0 Å². The number of aliphatic hydroxyl groups excluding tert-OH is 1. The van der Waals surface area contributed by atoms with Crippen molar-refractivity contribution in [3.05, 3.63) is 130 Å². The van der Waals surface area contributed by atoms with Crippen molar-refractivity contribution in [1.29, 1.82) is 0 Å². The number of allylic oxidation sites excluding steroid dienone is 7. The highest BCUT2D eigenvalue weighted by Crippen LogP contribution is 2.51. The van der Waals surface area contributed by atoms with Crippen LogP contribution in [0.2, 0.25) is 0 Å². The zero-order valence-electron chi connectivity index (χ0n) is 30.0. The summed E-state index contributed by atoms with van der Waals surface area (Å²) >= 11 is 0. The maximum atomic E-state index is 13.7. The summed E-state index contributed by atoms with van der Waals surface area (Å²) in [7, 11) is 0. The first-order valence-corrected chi connectivity index (χ1v) is 19.0. The van der Waals surface area contributed by atoms with Gasteiger partial charge in [0.15, 0.2) is 6.04 Å². The number of fused-ring (bicyclic) bond motifs is 4. The Labute approximate surface area is 297 Å². The zero-order valence-corrected chi connectivity index (χ0v) is 30.0. The van der Waals surface area contributed by atoms with Gasteiger partial charge in [0.25, 0.3) is 0 Å². The van der Waals surface area contributed by atoms with Gasteiger partial charge in [0.05, 0.1) is 11.1 Å². The van der Waals surface area contributed by atoms with Crippen LogP contribution in [0.25, 0.3) is 5.57 Å². The van der Waals surface area contributed by atoms with Crippen molar-refractivity contribution in [2.24, 2.45) is 23.7 Å². The van der Waals surface area contributed by atoms with Crippen LogP contribution in [0.1, 0.15) is 79.2 Å². The van der Waals surface area contributed by atoms with Gasteiger partial charge in [-0.3, -0.25) is 4.79 Å². The van der Waals surface area contributed by atoms with E-state index in [0.29, 0.717) is 23.2 Å². The van der Waals surface area contributed by atoms with Crippen molar-refractivity contribution >= 4 is 34.1 Å². The molecule has 0 heterocycles. The van der Waals surface area contributed by atoms with Crippen molar-refractivity contribution < 1.29 is 14.5 Å². The smallest absolute Gasteiger partial charge is 0.208 e. The second kappa shape index (κ2) is 12.1. The number of anilines is 2. The van der Waals surface area contributed by atoms with Gasteiger partial charge < -0.3 is 10.0 Å². The van der Waals surface area contributed by atoms with Gasteiger partial charge in [-0.2, -0.15) is 4.58 Å². The number of hydrogen-bond donors (Lipinski definition) is 1. The third-order valence-corrected chi connectivity index (χ3v) is 13.1. The third kappa shape index (κ3) is 5.17. The van der Waals surface area contributed by atoms with E-state index in [1.54, 1.807) is 0 Å². The van der Waals surface area contributed by atoms with Gasteiger partial charge in [0, 0.05) is 53.5 Å². The predicted octanol–water partition coefficient (Wildman–Crippen LogP) is 10.5. The summed E-state index contributed by atoms with van der Waals surface area (Å²) in [5.74, 6) is 3.15. The second-order valence-corrected chi connectivity index (χ2v) is 16.3. The van der Waals surface area contributed by atoms with Crippen molar-refractivity contribution in [2.45, 2.75) is 91.1 Å². The number of aryl methyl sites for hydroxylation is 4. The van der Waals surface area contributed by atoms with E-state index in [-0.39, 0.29) is 11.5 Å². The number of nitrogens with zero attached hydrogens (tertiary/aromatic N) is 2. The summed E-state index contributed by atoms with van der Waals surface area (Å²) in [4.78, 5) is 16.3. The van der Waals surface area contributed by atoms with E-state index < -0.39 is 0 Å². The van der Waals surface area contributed by atoms with Crippen molar-refractivity contribution in [2.75, 3.05) is 4.90 Å². The van der Waals surface area contributed by atoms with Crippen molar-refractivity contribution in [1.82, 2.24) is 0 Å². The number of aliphatic hydroxyl groups is 1. The maximum absolute atomic E-state index is 13.7. The maximum Gasteiger partial charge on any atom is 0.208 e. The second-order valence-electron chi connectivity index (χ2n) is 16.3. The molecule has 4 saturated carbocycles. The SMILES string of the molecule is Cc1ccc(N(c2ccc(C3=C(O)C(=C4C=CC(=[N+](c5ccc(C)cc5C)C5CC6CCC5C6)C=C4)C3=O)cc2)C2CC3CCC2C3)c(C)c1. The van der Waals surface area contributed by atoms with Crippen LogP contribution in [0.3, 0.4) is 0 Å². The molecule has 9 rings (SSSR count). The van der Waals surface area contributed by atoms with Gasteiger partial charge in [-0.1, -0.05) is 47.9 Å². The Bertz CT molecular complexity index is 2060. The summed E-state index contributed by atoms with van der Waals surface area (Å²) in [6, 6.07) is 22.9. The standard InChI is InChI=1S/C46H48N2O2/c1-27-5-19-39(29(3)21-27)47(41-25-31-7-9-35(41)23-31)37-15-11-33(12-16-37)43-45(49)44(46(43)50)34-13-17-38(18-14-34)48(40-20-6-28(2)22-30(40)4)42-26-32-8-10-36(42)24-32/h5-6,11-22,31-32,35-36,41-42H,7-10,23-26H2,1-4H3/p+1. The van der Waals surface area contributed by atoms with Gasteiger partial charge >= 0.3 is 0 Å². The van der Waals surface area contributed by atoms with E-state index in [9.17, 15) is 9.90 Å². The normalized spacial score (nSPS) is 27.9. The number of rotatable bonds is 6. The highest BCUT2D eigenvalue weighted by molar-refractivity contribution is 6.39. The molecule has 4 nitrogen and oxygen atoms in total. The Morgan fingerprint density at radius 2 is 1.34 bits per heavy atom. The first-order valence-electron chi connectivity index (χ1n) is 19.0. The van der Waals surface area contributed by atoms with E-state index >= 15 is 0 Å². The van der Waals surface area contributed by atoms with Gasteiger partial charge in [0.2, 0.25) is 17.2 Å². The fourth-order valence-electron chi connectivity index (χ4n) is 10.7. The van der Waals surface area contributed by atoms with Crippen LogP contribution in [0.5, 0.6) is 0 Å². The lowest BCUT2D eigenvalue weighted by atomic mass is 9.80. The average Bonchev–Trinajstić information content (AvgIpc) is 3.93. The molecule has 0 saturated heterocycles. The highest BCUT2D eigenvalue weighted by atomic mass is 16.3. The molecule has 0 aromatic heterocycles. The Kier molecular flexibility index (Phi) is 7.64. The average molecular weight is 662 g/mol. The summed E-state index contributed by atoms with van der Waals surface area (Å²) < 4.78 is 2.57. The van der Waals surface area contributed by atoms with E-state index in [2.05, 4.69) is 97.9 Å². The summed E-state index contributed by atoms with van der Waals surface area (Å²) in [6.07, 6.45) is 18.9. The number of benzene rings is 3. The first-order chi connectivity index (χ1) is 24.2. The molecule has 6 unspecified atom stereocenters. The minimum absolute atomic E-state index is 0.0818. The monoisotopic (exact) mass is 661 g/mol. The predicted molar refractivity (Wildman–Crippen MR) is 204 cm³/mol. The molecule has 6 aliphatic rings. The molecule has 0 aliphatic heterocycles. The molecule has 4 bridgehead atoms. The highest BCUT2D eigenvalue weighted by Gasteiger charge is 2.48. The van der Waals surface area contributed by atoms with E-state index in [4.69, 9.17) is 0 Å². The van der Waals surface area contributed by atoms with Crippen LogP contribution in [-0.4, -0.2) is 33.3 Å². The van der Waals surface area contributed by atoms with Crippen LogP contribution in [-0.2, 0) is 4.79 Å². The number of ketones is 1. The number of Topliss-reactive ketones (excluding diaryl/α,β-unsaturated/α-hetero) is 1. The molecule has 0 radical (unpaired) electrons.